The number of rotatable bonds is 22. The molecule has 0 bridgehead atoms. The predicted octanol–water partition coefficient (Wildman–Crippen LogP) is 4.08. The van der Waals surface area contributed by atoms with Crippen LogP contribution in [0.5, 0.6) is 5.75 Å². The van der Waals surface area contributed by atoms with E-state index >= 15 is 0 Å². The van der Waals surface area contributed by atoms with Gasteiger partial charge in [0.25, 0.3) is 46.2 Å². The third-order valence-electron chi connectivity index (χ3n) is 9.35. The fourth-order valence-corrected chi connectivity index (χ4v) is 8.66. The Bertz CT molecular complexity index is 3550. The average Bonchev–Trinajstić information content (AvgIpc) is 3.28. The minimum Gasteiger partial charge on any atom is -0.505 e. The monoisotopic (exact) mass is 1060 g/mol. The molecule has 5 aromatic carbocycles. The van der Waals surface area contributed by atoms with Gasteiger partial charge in [0.15, 0.2) is 5.75 Å². The summed E-state index contributed by atoms with van der Waals surface area (Å²) in [4.78, 5) is 19.5. The summed E-state index contributed by atoms with van der Waals surface area (Å²) in [5.41, 5.74) is 7.88. The second kappa shape index (κ2) is 21.6. The second-order valence-electron chi connectivity index (χ2n) is 14.4. The Morgan fingerprint density at radius 3 is 1.73 bits per heavy atom. The predicted molar refractivity (Wildman–Crippen MR) is 253 cm³/mol. The first-order chi connectivity index (χ1) is 33.3. The molecule has 0 atom stereocenters. The maximum atomic E-state index is 12.7. The largest absolute Gasteiger partial charge is 0.505 e. The molecule has 1 heterocycles. The van der Waals surface area contributed by atoms with Gasteiger partial charge in [-0.1, -0.05) is 6.07 Å². The molecule has 1 aromatic heterocycles. The summed E-state index contributed by atoms with van der Waals surface area (Å²) in [7, 11) is -20.5. The first kappa shape index (κ1) is 52.9. The molecule has 0 radical (unpaired) electrons. The van der Waals surface area contributed by atoms with Crippen LogP contribution in [0.2, 0.25) is 0 Å². The number of azo groups is 2. The summed E-state index contributed by atoms with van der Waals surface area (Å²) in [6.45, 7) is 3.00. The molecule has 30 nitrogen and oxygen atoms in total. The highest BCUT2D eigenvalue weighted by Gasteiger charge is 2.28. The van der Waals surface area contributed by atoms with E-state index in [0.29, 0.717) is 44.9 Å². The lowest BCUT2D eigenvalue weighted by molar-refractivity contribution is -0.384. The molecule has 14 N–H and O–H groups in total. The van der Waals surface area contributed by atoms with Gasteiger partial charge in [-0.15, -0.1) is 15.3 Å². The minimum absolute atomic E-state index is 0.0445. The molecular formula is C37H39N15O15S4. The summed E-state index contributed by atoms with van der Waals surface area (Å²) < 4.78 is 139. The van der Waals surface area contributed by atoms with Gasteiger partial charge >= 0.3 is 0 Å². The molecule has 0 amide bonds. The van der Waals surface area contributed by atoms with E-state index < -0.39 is 104 Å². The number of nitro groups is 1. The number of non-ortho nitro benzene ring substituents is 1. The minimum atomic E-state index is -5.45. The number of fused-ring (bicyclic) bond motifs is 1. The highest BCUT2D eigenvalue weighted by Crippen LogP contribution is 2.48. The highest BCUT2D eigenvalue weighted by molar-refractivity contribution is 7.86. The number of phenols is 1. The number of anilines is 6. The quantitative estimate of drug-likeness (QED) is 0.0114. The molecule has 6 aromatic rings. The van der Waals surface area contributed by atoms with Gasteiger partial charge in [0.2, 0.25) is 17.8 Å². The van der Waals surface area contributed by atoms with Crippen molar-refractivity contribution < 1.29 is 61.9 Å². The molecular weight excluding hydrogens is 1020 g/mol. The molecule has 376 valence electrons. The summed E-state index contributed by atoms with van der Waals surface area (Å²) in [6, 6.07) is 13.4. The summed E-state index contributed by atoms with van der Waals surface area (Å²) in [6.07, 6.45) is 0. The number of nitrogens with zero attached hydrogens (tertiary/aromatic N) is 8. The number of nitrogen functional groups attached to an aromatic ring is 1. The fourth-order valence-electron chi connectivity index (χ4n) is 6.20. The Labute approximate surface area is 401 Å². The van der Waals surface area contributed by atoms with E-state index in [0.717, 1.165) is 54.6 Å². The molecule has 0 aliphatic carbocycles. The van der Waals surface area contributed by atoms with Crippen LogP contribution < -0.4 is 38.1 Å². The van der Waals surface area contributed by atoms with Crippen LogP contribution >= 0.6 is 0 Å². The van der Waals surface area contributed by atoms with Crippen LogP contribution in [0.15, 0.2) is 119 Å². The molecule has 0 aliphatic rings. The zero-order valence-corrected chi connectivity index (χ0v) is 39.2. The molecule has 71 heavy (non-hydrogen) atoms. The number of nitrogens with two attached hydrogens (primary N) is 2. The van der Waals surface area contributed by atoms with Crippen molar-refractivity contribution in [2.24, 2.45) is 26.2 Å². The number of hydrogen-bond acceptors (Lipinski definition) is 25. The zero-order chi connectivity index (χ0) is 51.9. The van der Waals surface area contributed by atoms with Gasteiger partial charge in [-0.3, -0.25) is 28.3 Å². The molecule has 0 fully saturated rings. The highest BCUT2D eigenvalue weighted by atomic mass is 32.2. The molecule has 6 rings (SSSR count). The third-order valence-corrected chi connectivity index (χ3v) is 12.8. The molecule has 0 saturated carbocycles. The van der Waals surface area contributed by atoms with Gasteiger partial charge in [0.1, 0.15) is 31.7 Å². The van der Waals surface area contributed by atoms with Crippen LogP contribution in [0.25, 0.3) is 10.8 Å². The second-order valence-corrected chi connectivity index (χ2v) is 20.0. The lowest BCUT2D eigenvalue weighted by Gasteiger charge is -2.14. The third kappa shape index (κ3) is 13.6. The number of benzene rings is 5. The summed E-state index contributed by atoms with van der Waals surface area (Å²) >= 11 is 0. The Kier molecular flexibility index (Phi) is 16.1. The Morgan fingerprint density at radius 2 is 1.15 bits per heavy atom. The van der Waals surface area contributed by atoms with Crippen molar-refractivity contribution in [1.82, 2.24) is 25.6 Å². The van der Waals surface area contributed by atoms with Crippen molar-refractivity contribution in [3.63, 3.8) is 0 Å². The lowest BCUT2D eigenvalue weighted by atomic mass is 10.1. The number of nitrogens with one attached hydrogen (secondary N) is 5. The van der Waals surface area contributed by atoms with E-state index in [-0.39, 0.29) is 47.1 Å². The Balaban J connectivity index is 1.41. The number of nitro benzene ring substituents is 1. The number of hydrogen-bond donors (Lipinski definition) is 12. The van der Waals surface area contributed by atoms with Gasteiger partial charge < -0.3 is 43.2 Å². The van der Waals surface area contributed by atoms with Crippen molar-refractivity contribution >= 4 is 115 Å². The molecule has 0 saturated heterocycles. The Morgan fingerprint density at radius 1 is 0.606 bits per heavy atom. The smallest absolute Gasteiger partial charge is 0.296 e. The van der Waals surface area contributed by atoms with Crippen molar-refractivity contribution in [2.75, 3.05) is 61.0 Å². The van der Waals surface area contributed by atoms with E-state index in [9.17, 15) is 67.1 Å². The maximum absolute atomic E-state index is 12.7. The van der Waals surface area contributed by atoms with Gasteiger partial charge in [-0.2, -0.15) is 53.7 Å². The summed E-state index contributed by atoms with van der Waals surface area (Å²) in [5.74, 6) is -1.70. The lowest BCUT2D eigenvalue weighted by Crippen LogP contribution is -2.32. The van der Waals surface area contributed by atoms with Crippen molar-refractivity contribution in [1.29, 1.82) is 0 Å². The normalized spacial score (nSPS) is 12.5. The SMILES string of the molecule is NCCNCCNCCNc1nc(Nc2cccc(S(=O)(=O)O)c2)nc(Nc2ccc(S(=O)(=O)O)c(/N=N/c3c(S(=O)(=O)O)cc4cc(S(=O)(=O)O)c(/N=N/c5ccc([N+](=O)[O-])cc5)c(N)c4c3O)c2)n1. The van der Waals surface area contributed by atoms with Gasteiger partial charge in [-0.05, 0) is 66.0 Å². The maximum Gasteiger partial charge on any atom is 0.296 e. The van der Waals surface area contributed by atoms with Crippen molar-refractivity contribution in [3.05, 3.63) is 89.0 Å². The first-order valence-corrected chi connectivity index (χ1v) is 25.6. The van der Waals surface area contributed by atoms with E-state index in [4.69, 9.17) is 11.5 Å². The molecule has 0 aliphatic heterocycles. The van der Waals surface area contributed by atoms with E-state index in [2.05, 4.69) is 62.0 Å². The zero-order valence-electron chi connectivity index (χ0n) is 35.9. The van der Waals surface area contributed by atoms with Crippen LogP contribution in [0.1, 0.15) is 0 Å². The Hall–Kier alpha value is -7.51. The van der Waals surface area contributed by atoms with Crippen LogP contribution in [-0.2, 0) is 40.5 Å². The van der Waals surface area contributed by atoms with Gasteiger partial charge in [0, 0.05) is 62.8 Å². The van der Waals surface area contributed by atoms with Crippen LogP contribution in [0, 0.1) is 10.1 Å². The van der Waals surface area contributed by atoms with E-state index in [1.807, 2.05) is 0 Å². The van der Waals surface area contributed by atoms with E-state index in [1.54, 1.807) is 0 Å². The van der Waals surface area contributed by atoms with Gasteiger partial charge in [0.05, 0.1) is 26.6 Å². The number of aromatic hydroxyl groups is 1. The standard InChI is InChI=1S/C37H39N15O15S4/c38-10-11-40-12-13-41-14-15-42-35-45-36(43-22-2-1-3-25(18-22)68(56,57)58)47-37(46-35)44-23-6-9-27(69(59,60)61)26(19-23)49-51-33-29(71(65,66)67)17-20-16-28(70(62,63)64)32(31(39)30(20)34(33)53)50-48-21-4-7-24(8-5-21)52(54)55/h1-9,16-19,40-41,53H,10-15,38-39H2,(H,56,57,58)(H,59,60,61)(H,62,63,64)(H,65,66,67)(H3,42,43,44,45,46,47)/b50-48+,51-49+. The number of phenolic OH excluding ortho intramolecular Hbond substituents is 1. The molecule has 0 spiro atoms. The topological polar surface area (TPSA) is 481 Å². The van der Waals surface area contributed by atoms with Gasteiger partial charge in [-0.25, -0.2) is 0 Å². The van der Waals surface area contributed by atoms with Crippen molar-refractivity contribution in [3.8, 4) is 5.75 Å². The summed E-state index contributed by atoms with van der Waals surface area (Å²) in [5, 5.41) is 51.3. The number of aromatic nitrogens is 3. The van der Waals surface area contributed by atoms with E-state index in [1.165, 1.54) is 12.1 Å². The van der Waals surface area contributed by atoms with Crippen LogP contribution in [0.4, 0.5) is 63.3 Å². The van der Waals surface area contributed by atoms with Crippen LogP contribution in [-0.4, -0.2) is 116 Å². The first-order valence-electron chi connectivity index (χ1n) is 19.8. The van der Waals surface area contributed by atoms with Crippen LogP contribution in [0.3, 0.4) is 0 Å². The molecule has 0 unspecified atom stereocenters. The fraction of sp³-hybridized carbons (Fsp3) is 0.162. The molecule has 34 heteroatoms. The average molecular weight is 1060 g/mol. The van der Waals surface area contributed by atoms with Crippen molar-refractivity contribution in [2.45, 2.75) is 19.6 Å².